The second kappa shape index (κ2) is 4.19. The number of carbonyl (C=O) groups is 1. The molecule has 1 aliphatic heterocycles. The van der Waals surface area contributed by atoms with Gasteiger partial charge in [0.1, 0.15) is 6.61 Å². The van der Waals surface area contributed by atoms with Crippen LogP contribution in [-0.4, -0.2) is 23.6 Å². The molecule has 1 rings (SSSR count). The van der Waals surface area contributed by atoms with E-state index in [1.165, 1.54) is 4.90 Å². The van der Waals surface area contributed by atoms with E-state index < -0.39 is 0 Å². The lowest BCUT2D eigenvalue weighted by atomic mass is 10.1. The minimum Gasteiger partial charge on any atom is -0.446 e. The summed E-state index contributed by atoms with van der Waals surface area (Å²) in [4.78, 5) is 12.7. The first-order valence-corrected chi connectivity index (χ1v) is 4.65. The van der Waals surface area contributed by atoms with Crippen LogP contribution in [-0.2, 0) is 4.74 Å². The first-order chi connectivity index (χ1) is 6.52. The molecule has 0 radical (unpaired) electrons. The van der Waals surface area contributed by atoms with E-state index >= 15 is 0 Å². The van der Waals surface area contributed by atoms with Gasteiger partial charge in [0.2, 0.25) is 0 Å². The fraction of sp³-hybridized carbons (Fsp3) is 0.545. The molecule has 3 nitrogen and oxygen atoms in total. The van der Waals surface area contributed by atoms with Gasteiger partial charge in [0.05, 0.1) is 6.04 Å². The summed E-state index contributed by atoms with van der Waals surface area (Å²) in [5.74, 6) is 3.13. The average Bonchev–Trinajstić information content (AvgIpc) is 2.43. The maximum absolute atomic E-state index is 11.3. The molecule has 0 N–H and O–H groups in total. The van der Waals surface area contributed by atoms with Crippen molar-refractivity contribution >= 4 is 6.09 Å². The number of allylic oxidation sites excluding steroid dienone is 1. The Morgan fingerprint density at radius 1 is 1.71 bits per heavy atom. The van der Waals surface area contributed by atoms with Crippen LogP contribution >= 0.6 is 0 Å². The Morgan fingerprint density at radius 2 is 2.36 bits per heavy atom. The summed E-state index contributed by atoms with van der Waals surface area (Å²) < 4.78 is 4.93. The molecule has 1 heterocycles. The highest BCUT2D eigenvalue weighted by Crippen LogP contribution is 2.18. The Bertz CT molecular complexity index is 309. The van der Waals surface area contributed by atoms with E-state index in [9.17, 15) is 4.79 Å². The third-order valence-electron chi connectivity index (χ3n) is 2.07. The van der Waals surface area contributed by atoms with Crippen molar-refractivity contribution in [1.82, 2.24) is 4.90 Å². The first-order valence-electron chi connectivity index (χ1n) is 4.65. The first kappa shape index (κ1) is 10.6. The molecule has 1 amide bonds. The van der Waals surface area contributed by atoms with Crippen molar-refractivity contribution in [2.75, 3.05) is 6.61 Å². The van der Waals surface area contributed by atoms with E-state index in [0.717, 1.165) is 5.57 Å². The largest absolute Gasteiger partial charge is 0.446 e. The van der Waals surface area contributed by atoms with Crippen molar-refractivity contribution in [3.63, 3.8) is 0 Å². The van der Waals surface area contributed by atoms with Gasteiger partial charge >= 0.3 is 6.09 Å². The zero-order valence-corrected chi connectivity index (χ0v) is 8.83. The molecular formula is C11H15NO2. The van der Waals surface area contributed by atoms with Gasteiger partial charge in [-0.1, -0.05) is 20.4 Å². The van der Waals surface area contributed by atoms with Crippen LogP contribution in [0.25, 0.3) is 0 Å². The van der Waals surface area contributed by atoms with Gasteiger partial charge in [-0.3, -0.25) is 0 Å². The van der Waals surface area contributed by atoms with Crippen molar-refractivity contribution in [2.45, 2.75) is 26.8 Å². The van der Waals surface area contributed by atoms with Gasteiger partial charge in [0.25, 0.3) is 0 Å². The van der Waals surface area contributed by atoms with E-state index in [2.05, 4.69) is 18.5 Å². The Labute approximate surface area is 84.7 Å². The average molecular weight is 193 g/mol. The van der Waals surface area contributed by atoms with Gasteiger partial charge in [-0.2, -0.15) is 0 Å². The van der Waals surface area contributed by atoms with Crippen LogP contribution in [0.2, 0.25) is 0 Å². The van der Waals surface area contributed by atoms with Crippen molar-refractivity contribution in [3.8, 4) is 12.0 Å². The van der Waals surface area contributed by atoms with Gasteiger partial charge in [-0.15, -0.1) is 0 Å². The molecule has 0 aromatic carbocycles. The molecule has 1 atom stereocenters. The molecule has 1 fully saturated rings. The van der Waals surface area contributed by atoms with Crippen molar-refractivity contribution in [1.29, 1.82) is 0 Å². The van der Waals surface area contributed by atoms with Gasteiger partial charge in [0, 0.05) is 6.04 Å². The van der Waals surface area contributed by atoms with Crippen LogP contribution in [0.4, 0.5) is 4.79 Å². The zero-order valence-electron chi connectivity index (χ0n) is 8.83. The molecule has 0 bridgehead atoms. The quantitative estimate of drug-likeness (QED) is 0.596. The molecular weight excluding hydrogens is 178 g/mol. The molecule has 0 saturated carbocycles. The smallest absolute Gasteiger partial charge is 0.422 e. The predicted octanol–water partition coefficient (Wildman–Crippen LogP) is 2.00. The summed E-state index contributed by atoms with van der Waals surface area (Å²) in [6.07, 6.45) is -0.350. The van der Waals surface area contributed by atoms with E-state index in [4.69, 9.17) is 4.74 Å². The highest BCUT2D eigenvalue weighted by atomic mass is 16.6. The third-order valence-corrected chi connectivity index (χ3v) is 2.07. The van der Waals surface area contributed by atoms with E-state index in [-0.39, 0.29) is 12.1 Å². The number of amides is 1. The summed E-state index contributed by atoms with van der Waals surface area (Å²) in [5, 5.41) is 0. The summed E-state index contributed by atoms with van der Waals surface area (Å²) in [7, 11) is 0. The standard InChI is InChI=1S/C11H15NO2/c1-8(2)5-6-12-10(9(3)4)7-14-11(12)13/h9-10H,1,7H2,2-4H3/t10-/m1/s1. The molecule has 0 aromatic rings. The number of hydrogen-bond acceptors (Lipinski definition) is 2. The van der Waals surface area contributed by atoms with Gasteiger partial charge in [-0.25, -0.2) is 9.69 Å². The highest BCUT2D eigenvalue weighted by Gasteiger charge is 2.34. The molecule has 1 aliphatic rings. The number of carbonyl (C=O) groups excluding carboxylic acids is 1. The fourth-order valence-electron chi connectivity index (χ4n) is 1.21. The van der Waals surface area contributed by atoms with Crippen LogP contribution in [0.5, 0.6) is 0 Å². The lowest BCUT2D eigenvalue weighted by Gasteiger charge is -2.17. The van der Waals surface area contributed by atoms with E-state index in [0.29, 0.717) is 12.5 Å². The number of nitrogens with zero attached hydrogens (tertiary/aromatic N) is 1. The van der Waals surface area contributed by atoms with Crippen LogP contribution in [0, 0.1) is 17.9 Å². The van der Waals surface area contributed by atoms with Crippen LogP contribution in [0.15, 0.2) is 12.2 Å². The summed E-state index contributed by atoms with van der Waals surface area (Å²) >= 11 is 0. The molecule has 1 saturated heterocycles. The van der Waals surface area contributed by atoms with Gasteiger partial charge < -0.3 is 4.74 Å². The fourth-order valence-corrected chi connectivity index (χ4v) is 1.21. The van der Waals surface area contributed by atoms with Crippen LogP contribution in [0.3, 0.4) is 0 Å². The Balaban J connectivity index is 2.79. The maximum atomic E-state index is 11.3. The SMILES string of the molecule is C=C(C)C#CN1C(=O)OC[C@@H]1C(C)C. The van der Waals surface area contributed by atoms with Crippen molar-refractivity contribution < 1.29 is 9.53 Å². The third kappa shape index (κ3) is 2.29. The predicted molar refractivity (Wildman–Crippen MR) is 54.4 cm³/mol. The monoisotopic (exact) mass is 193 g/mol. The molecule has 3 heteroatoms. The topological polar surface area (TPSA) is 29.5 Å². The zero-order chi connectivity index (χ0) is 10.7. The van der Waals surface area contributed by atoms with Crippen LogP contribution in [0.1, 0.15) is 20.8 Å². The Hall–Kier alpha value is -1.43. The summed E-state index contributed by atoms with van der Waals surface area (Å²) in [6.45, 7) is 9.98. The second-order valence-corrected chi connectivity index (χ2v) is 3.78. The Morgan fingerprint density at radius 3 is 2.86 bits per heavy atom. The minimum atomic E-state index is -0.350. The normalized spacial score (nSPS) is 20.4. The Kier molecular flexibility index (Phi) is 3.19. The molecule has 76 valence electrons. The number of hydrogen-bond donors (Lipinski definition) is 0. The second-order valence-electron chi connectivity index (χ2n) is 3.78. The summed E-state index contributed by atoms with van der Waals surface area (Å²) in [5.41, 5.74) is 0.743. The lowest BCUT2D eigenvalue weighted by molar-refractivity contribution is 0.167. The van der Waals surface area contributed by atoms with Crippen molar-refractivity contribution in [2.24, 2.45) is 5.92 Å². The number of rotatable bonds is 1. The van der Waals surface area contributed by atoms with E-state index in [1.807, 2.05) is 13.8 Å². The molecule has 0 aliphatic carbocycles. The molecule has 14 heavy (non-hydrogen) atoms. The maximum Gasteiger partial charge on any atom is 0.422 e. The lowest BCUT2D eigenvalue weighted by Crippen LogP contribution is -2.33. The van der Waals surface area contributed by atoms with Gasteiger partial charge in [-0.05, 0) is 24.3 Å². The number of ether oxygens (including phenoxy) is 1. The molecule has 0 aromatic heterocycles. The van der Waals surface area contributed by atoms with Crippen molar-refractivity contribution in [3.05, 3.63) is 12.2 Å². The highest BCUT2D eigenvalue weighted by molar-refractivity contribution is 5.72. The number of cyclic esters (lactones) is 1. The minimum absolute atomic E-state index is 0.0642. The van der Waals surface area contributed by atoms with E-state index in [1.54, 1.807) is 6.92 Å². The molecule has 0 unspecified atom stereocenters. The van der Waals surface area contributed by atoms with Crippen LogP contribution < -0.4 is 0 Å². The molecule has 0 spiro atoms. The van der Waals surface area contributed by atoms with Gasteiger partial charge in [0.15, 0.2) is 0 Å². The summed E-state index contributed by atoms with van der Waals surface area (Å²) in [6, 6.07) is 2.84.